The first kappa shape index (κ1) is 24.0. The molecule has 9 heteroatoms. The normalized spacial score (nSPS) is 12.6. The van der Waals surface area contributed by atoms with Crippen LogP contribution in [-0.4, -0.2) is 44.3 Å². The lowest BCUT2D eigenvalue weighted by Gasteiger charge is -2.25. The summed E-state index contributed by atoms with van der Waals surface area (Å²) in [6.07, 6.45) is 2.26. The van der Waals surface area contributed by atoms with Crippen molar-refractivity contribution in [2.45, 2.75) is 30.8 Å². The van der Waals surface area contributed by atoms with Crippen molar-refractivity contribution < 1.29 is 13.2 Å². The van der Waals surface area contributed by atoms with Crippen LogP contribution in [0.25, 0.3) is 0 Å². The summed E-state index contributed by atoms with van der Waals surface area (Å²) < 4.78 is 28.3. The number of sulfonamides is 1. The highest BCUT2D eigenvalue weighted by Crippen LogP contribution is 2.25. The van der Waals surface area contributed by atoms with Gasteiger partial charge in [-0.05, 0) is 54.7 Å². The Morgan fingerprint density at radius 1 is 1.21 bits per heavy atom. The van der Waals surface area contributed by atoms with Crippen LogP contribution in [-0.2, 0) is 21.4 Å². The molecule has 0 aliphatic heterocycles. The molecular formula is C20H24Cl2N2O3S2. The lowest BCUT2D eigenvalue weighted by molar-refractivity contribution is -0.132. The largest absolute Gasteiger partial charge is 0.340 e. The van der Waals surface area contributed by atoms with Gasteiger partial charge in [-0.25, -0.2) is 8.42 Å². The van der Waals surface area contributed by atoms with E-state index in [2.05, 4.69) is 4.72 Å². The number of likely N-dealkylation sites (N-methyl/N-ethyl adjacent to an activating group) is 1. The molecule has 5 nitrogen and oxygen atoms in total. The van der Waals surface area contributed by atoms with Crippen LogP contribution >= 0.6 is 35.0 Å². The molecule has 1 amide bonds. The zero-order valence-corrected chi connectivity index (χ0v) is 19.6. The highest BCUT2D eigenvalue weighted by Gasteiger charge is 2.29. The van der Waals surface area contributed by atoms with Crippen molar-refractivity contribution in [1.82, 2.24) is 9.62 Å². The molecule has 0 saturated carbocycles. The maximum Gasteiger partial charge on any atom is 0.242 e. The number of thioether (sulfide) groups is 1. The molecule has 0 heterocycles. The molecule has 29 heavy (non-hydrogen) atoms. The Hall–Kier alpha value is -1.25. The van der Waals surface area contributed by atoms with E-state index in [1.165, 1.54) is 23.1 Å². The van der Waals surface area contributed by atoms with E-state index in [1.54, 1.807) is 18.8 Å². The SMILES string of the molecule is CSCCC(NS(=O)(=O)c1cc(Cl)ccc1Cl)C(=O)N(C)Cc1ccccc1C. The third kappa shape index (κ3) is 6.62. The van der Waals surface area contributed by atoms with Crippen molar-refractivity contribution in [1.29, 1.82) is 0 Å². The Labute approximate surface area is 186 Å². The first-order chi connectivity index (χ1) is 13.7. The number of carbonyl (C=O) groups is 1. The number of carbonyl (C=O) groups excluding carboxylic acids is 1. The number of halogens is 2. The van der Waals surface area contributed by atoms with Gasteiger partial charge in [-0.1, -0.05) is 47.5 Å². The number of nitrogens with zero attached hydrogens (tertiary/aromatic N) is 1. The van der Waals surface area contributed by atoms with Gasteiger partial charge in [0.05, 0.1) is 5.02 Å². The van der Waals surface area contributed by atoms with E-state index >= 15 is 0 Å². The molecule has 1 N–H and O–H groups in total. The van der Waals surface area contributed by atoms with Crippen molar-refractivity contribution in [3.05, 3.63) is 63.6 Å². The van der Waals surface area contributed by atoms with Gasteiger partial charge in [0, 0.05) is 18.6 Å². The van der Waals surface area contributed by atoms with Gasteiger partial charge in [0.2, 0.25) is 15.9 Å². The Kier molecular flexibility index (Phi) is 8.85. The number of hydrogen-bond donors (Lipinski definition) is 1. The van der Waals surface area contributed by atoms with Crippen LogP contribution in [0.1, 0.15) is 17.5 Å². The molecule has 1 atom stereocenters. The average molecular weight is 475 g/mol. The quantitative estimate of drug-likeness (QED) is 0.585. The fraction of sp³-hybridized carbons (Fsp3) is 0.350. The van der Waals surface area contributed by atoms with Gasteiger partial charge in [-0.3, -0.25) is 4.79 Å². The van der Waals surface area contributed by atoms with E-state index in [0.717, 1.165) is 11.1 Å². The minimum absolute atomic E-state index is 0.0474. The molecule has 0 aliphatic carbocycles. The first-order valence-electron chi connectivity index (χ1n) is 8.91. The molecule has 1 unspecified atom stereocenters. The Bertz CT molecular complexity index is 968. The van der Waals surface area contributed by atoms with Crippen LogP contribution in [0.3, 0.4) is 0 Å². The van der Waals surface area contributed by atoms with Gasteiger partial charge in [-0.15, -0.1) is 0 Å². The number of nitrogens with one attached hydrogen (secondary N) is 1. The molecule has 0 radical (unpaired) electrons. The van der Waals surface area contributed by atoms with E-state index in [4.69, 9.17) is 23.2 Å². The monoisotopic (exact) mass is 474 g/mol. The summed E-state index contributed by atoms with van der Waals surface area (Å²) in [5.74, 6) is 0.324. The second kappa shape index (κ2) is 10.7. The summed E-state index contributed by atoms with van der Waals surface area (Å²) in [5, 5.41) is 0.296. The van der Waals surface area contributed by atoms with Crippen LogP contribution in [0.5, 0.6) is 0 Å². The van der Waals surface area contributed by atoms with Crippen LogP contribution in [0.4, 0.5) is 0 Å². The maximum absolute atomic E-state index is 13.1. The minimum Gasteiger partial charge on any atom is -0.340 e. The third-order valence-corrected chi connectivity index (χ3v) is 7.27. The van der Waals surface area contributed by atoms with Gasteiger partial charge >= 0.3 is 0 Å². The lowest BCUT2D eigenvalue weighted by atomic mass is 10.1. The molecule has 0 saturated heterocycles. The van der Waals surface area contributed by atoms with Crippen molar-refractivity contribution in [2.75, 3.05) is 19.1 Å². The van der Waals surface area contributed by atoms with Crippen LogP contribution < -0.4 is 4.72 Å². The Morgan fingerprint density at radius 3 is 2.55 bits per heavy atom. The van der Waals surface area contributed by atoms with Gasteiger partial charge in [0.25, 0.3) is 0 Å². The Morgan fingerprint density at radius 2 is 1.90 bits per heavy atom. The number of benzene rings is 2. The zero-order valence-electron chi connectivity index (χ0n) is 16.5. The fourth-order valence-electron chi connectivity index (χ4n) is 2.79. The first-order valence-corrected chi connectivity index (χ1v) is 12.5. The second-order valence-corrected chi connectivity index (χ2v) is 10.2. The zero-order chi connectivity index (χ0) is 21.6. The van der Waals surface area contributed by atoms with Crippen LogP contribution in [0.15, 0.2) is 47.4 Å². The molecule has 0 aromatic heterocycles. The van der Waals surface area contributed by atoms with Gasteiger partial charge in [0.1, 0.15) is 10.9 Å². The number of hydrogen-bond acceptors (Lipinski definition) is 4. The molecule has 0 spiro atoms. The van der Waals surface area contributed by atoms with E-state index in [0.29, 0.717) is 18.7 Å². The summed E-state index contributed by atoms with van der Waals surface area (Å²) in [6, 6.07) is 11.1. The predicted octanol–water partition coefficient (Wildman–Crippen LogP) is 4.36. The smallest absolute Gasteiger partial charge is 0.242 e. The topological polar surface area (TPSA) is 66.5 Å². The predicted molar refractivity (Wildman–Crippen MR) is 121 cm³/mol. The third-order valence-electron chi connectivity index (χ3n) is 4.43. The van der Waals surface area contributed by atoms with E-state index < -0.39 is 16.1 Å². The van der Waals surface area contributed by atoms with E-state index in [-0.39, 0.29) is 20.8 Å². The van der Waals surface area contributed by atoms with Gasteiger partial charge in [-0.2, -0.15) is 16.5 Å². The van der Waals surface area contributed by atoms with Crippen molar-refractivity contribution in [3.63, 3.8) is 0 Å². The summed E-state index contributed by atoms with van der Waals surface area (Å²) in [7, 11) is -2.36. The second-order valence-electron chi connectivity index (χ2n) is 6.65. The number of amides is 1. The average Bonchev–Trinajstić information content (AvgIpc) is 2.68. The summed E-state index contributed by atoms with van der Waals surface area (Å²) in [5.41, 5.74) is 2.08. The van der Waals surface area contributed by atoms with Crippen LogP contribution in [0, 0.1) is 6.92 Å². The minimum atomic E-state index is -4.03. The molecule has 0 fully saturated rings. The highest BCUT2D eigenvalue weighted by atomic mass is 35.5. The van der Waals surface area contributed by atoms with Gasteiger partial charge < -0.3 is 4.90 Å². The van der Waals surface area contributed by atoms with Crippen molar-refractivity contribution in [3.8, 4) is 0 Å². The molecule has 2 rings (SSSR count). The van der Waals surface area contributed by atoms with E-state index in [1.807, 2.05) is 37.4 Å². The number of aryl methyl sites for hydroxylation is 1. The standard InChI is InChI=1S/C20H24Cl2N2O3S2/c1-14-6-4-5-7-15(14)13-24(2)20(25)18(10-11-28-3)23-29(26,27)19-12-16(21)8-9-17(19)22/h4-9,12,18,23H,10-11,13H2,1-3H3. The summed E-state index contributed by atoms with van der Waals surface area (Å²) in [4.78, 5) is 14.5. The van der Waals surface area contributed by atoms with Crippen molar-refractivity contribution in [2.24, 2.45) is 0 Å². The van der Waals surface area contributed by atoms with Crippen molar-refractivity contribution >= 4 is 50.9 Å². The number of rotatable bonds is 9. The molecule has 0 bridgehead atoms. The highest BCUT2D eigenvalue weighted by molar-refractivity contribution is 7.98. The lowest BCUT2D eigenvalue weighted by Crippen LogP contribution is -2.47. The molecular weight excluding hydrogens is 451 g/mol. The fourth-order valence-corrected chi connectivity index (χ4v) is 5.25. The maximum atomic E-state index is 13.1. The van der Waals surface area contributed by atoms with Gasteiger partial charge in [0.15, 0.2) is 0 Å². The molecule has 158 valence electrons. The summed E-state index contributed by atoms with van der Waals surface area (Å²) >= 11 is 13.5. The van der Waals surface area contributed by atoms with Crippen LogP contribution in [0.2, 0.25) is 10.0 Å². The molecule has 2 aromatic rings. The summed E-state index contributed by atoms with van der Waals surface area (Å²) in [6.45, 7) is 2.36. The molecule has 0 aliphatic rings. The molecule has 2 aromatic carbocycles. The Balaban J connectivity index is 2.24. The van der Waals surface area contributed by atoms with E-state index in [9.17, 15) is 13.2 Å².